The van der Waals surface area contributed by atoms with Gasteiger partial charge in [0.1, 0.15) is 4.21 Å². The van der Waals surface area contributed by atoms with Crippen LogP contribution in [0.4, 0.5) is 0 Å². The van der Waals surface area contributed by atoms with Crippen LogP contribution < -0.4 is 4.72 Å². The molecular formula is C12H18ClNO2S2. The fraction of sp³-hybridized carbons (Fsp3) is 0.667. The maximum atomic E-state index is 12.2. The summed E-state index contributed by atoms with van der Waals surface area (Å²) in [5, 5.41) is 0. The number of rotatable bonds is 3. The number of aryl methyl sites for hydroxylation is 1. The van der Waals surface area contributed by atoms with Gasteiger partial charge in [-0.1, -0.05) is 25.4 Å². The molecule has 18 heavy (non-hydrogen) atoms. The standard InChI is InChI=1S/C12H18ClNO2S2/c1-8-6-10(17-11(8)13)18(15,16)14-9-4-5-12(2,3)7-9/h6,9,14H,4-5,7H2,1-3H3. The van der Waals surface area contributed by atoms with Gasteiger partial charge in [-0.25, -0.2) is 13.1 Å². The van der Waals surface area contributed by atoms with Crippen LogP contribution in [0.5, 0.6) is 0 Å². The van der Waals surface area contributed by atoms with Gasteiger partial charge in [-0.2, -0.15) is 0 Å². The van der Waals surface area contributed by atoms with E-state index in [9.17, 15) is 8.42 Å². The molecule has 0 bridgehead atoms. The van der Waals surface area contributed by atoms with Gasteiger partial charge in [0, 0.05) is 6.04 Å². The van der Waals surface area contributed by atoms with Crippen molar-refractivity contribution in [3.63, 3.8) is 0 Å². The van der Waals surface area contributed by atoms with Gasteiger partial charge in [0.15, 0.2) is 0 Å². The van der Waals surface area contributed by atoms with Crippen LogP contribution in [0.25, 0.3) is 0 Å². The molecule has 0 spiro atoms. The zero-order valence-electron chi connectivity index (χ0n) is 10.8. The zero-order valence-corrected chi connectivity index (χ0v) is 13.2. The van der Waals surface area contributed by atoms with E-state index in [-0.39, 0.29) is 11.5 Å². The molecule has 0 aliphatic heterocycles. The molecule has 0 aromatic carbocycles. The molecule has 1 atom stereocenters. The number of sulfonamides is 1. The van der Waals surface area contributed by atoms with Crippen molar-refractivity contribution in [3.8, 4) is 0 Å². The molecule has 1 aromatic heterocycles. The number of thiophene rings is 1. The Balaban J connectivity index is 2.13. The topological polar surface area (TPSA) is 46.2 Å². The van der Waals surface area contributed by atoms with Crippen molar-refractivity contribution >= 4 is 33.0 Å². The lowest BCUT2D eigenvalue weighted by Gasteiger charge is -2.17. The minimum Gasteiger partial charge on any atom is -0.207 e. The first-order valence-electron chi connectivity index (χ1n) is 5.98. The second kappa shape index (κ2) is 4.78. The Labute approximate surface area is 118 Å². The van der Waals surface area contributed by atoms with E-state index in [1.807, 2.05) is 6.92 Å². The third kappa shape index (κ3) is 3.07. The molecule has 1 aromatic rings. The summed E-state index contributed by atoms with van der Waals surface area (Å²) in [5.41, 5.74) is 1.05. The Bertz CT molecular complexity index is 529. The monoisotopic (exact) mass is 307 g/mol. The minimum absolute atomic E-state index is 0.0474. The molecule has 1 saturated carbocycles. The van der Waals surface area contributed by atoms with Crippen LogP contribution in [0.3, 0.4) is 0 Å². The van der Waals surface area contributed by atoms with Gasteiger partial charge in [-0.3, -0.25) is 0 Å². The first-order chi connectivity index (χ1) is 8.20. The van der Waals surface area contributed by atoms with Crippen LogP contribution >= 0.6 is 22.9 Å². The molecule has 2 rings (SSSR count). The lowest BCUT2D eigenvalue weighted by atomic mass is 9.92. The molecule has 1 N–H and O–H groups in total. The highest BCUT2D eigenvalue weighted by molar-refractivity contribution is 7.91. The summed E-state index contributed by atoms with van der Waals surface area (Å²) in [6.07, 6.45) is 2.86. The molecule has 1 unspecified atom stereocenters. The number of nitrogens with one attached hydrogen (secondary N) is 1. The van der Waals surface area contributed by atoms with Crippen molar-refractivity contribution < 1.29 is 8.42 Å². The Morgan fingerprint density at radius 1 is 1.50 bits per heavy atom. The Morgan fingerprint density at radius 2 is 2.17 bits per heavy atom. The summed E-state index contributed by atoms with van der Waals surface area (Å²) in [4.78, 5) is 0. The molecular weight excluding hydrogens is 290 g/mol. The molecule has 0 saturated heterocycles. The predicted octanol–water partition coefficient (Wildman–Crippen LogP) is 3.57. The van der Waals surface area contributed by atoms with Gasteiger partial charge < -0.3 is 0 Å². The van der Waals surface area contributed by atoms with E-state index >= 15 is 0 Å². The van der Waals surface area contributed by atoms with Crippen LogP contribution in [0.15, 0.2) is 10.3 Å². The second-order valence-electron chi connectivity index (χ2n) is 5.75. The predicted molar refractivity (Wildman–Crippen MR) is 75.8 cm³/mol. The fourth-order valence-corrected chi connectivity index (χ4v) is 5.37. The van der Waals surface area contributed by atoms with E-state index in [1.54, 1.807) is 6.07 Å². The van der Waals surface area contributed by atoms with E-state index in [4.69, 9.17) is 11.6 Å². The van der Waals surface area contributed by atoms with Crippen molar-refractivity contribution in [3.05, 3.63) is 16.0 Å². The molecule has 102 valence electrons. The summed E-state index contributed by atoms with van der Waals surface area (Å²) in [5.74, 6) is 0. The van der Waals surface area contributed by atoms with E-state index in [0.29, 0.717) is 8.55 Å². The average molecular weight is 308 g/mol. The van der Waals surface area contributed by atoms with Crippen molar-refractivity contribution in [2.24, 2.45) is 5.41 Å². The van der Waals surface area contributed by atoms with Crippen LogP contribution in [-0.2, 0) is 10.0 Å². The average Bonchev–Trinajstić information content (AvgIpc) is 2.71. The van der Waals surface area contributed by atoms with Crippen molar-refractivity contribution in [1.29, 1.82) is 0 Å². The second-order valence-corrected chi connectivity index (χ2v) is 9.34. The zero-order chi connectivity index (χ0) is 13.6. The van der Waals surface area contributed by atoms with E-state index in [2.05, 4.69) is 18.6 Å². The third-order valence-electron chi connectivity index (χ3n) is 3.39. The lowest BCUT2D eigenvalue weighted by molar-refractivity contribution is 0.372. The van der Waals surface area contributed by atoms with Crippen LogP contribution in [0.2, 0.25) is 4.34 Å². The number of hydrogen-bond donors (Lipinski definition) is 1. The molecule has 0 amide bonds. The number of hydrogen-bond acceptors (Lipinski definition) is 3. The molecule has 6 heteroatoms. The van der Waals surface area contributed by atoms with Gasteiger partial charge in [0.05, 0.1) is 4.34 Å². The first-order valence-corrected chi connectivity index (χ1v) is 8.66. The quantitative estimate of drug-likeness (QED) is 0.928. The van der Waals surface area contributed by atoms with Gasteiger partial charge in [-0.05, 0) is 43.2 Å². The summed E-state index contributed by atoms with van der Waals surface area (Å²) in [6.45, 7) is 6.16. The number of halogens is 1. The highest BCUT2D eigenvalue weighted by Crippen LogP contribution is 2.38. The van der Waals surface area contributed by atoms with Gasteiger partial charge in [0.25, 0.3) is 0 Å². The molecule has 0 radical (unpaired) electrons. The molecule has 1 aliphatic carbocycles. The maximum absolute atomic E-state index is 12.2. The highest BCUT2D eigenvalue weighted by atomic mass is 35.5. The molecule has 1 fully saturated rings. The van der Waals surface area contributed by atoms with Gasteiger partial charge in [-0.15, -0.1) is 11.3 Å². The van der Waals surface area contributed by atoms with Crippen molar-refractivity contribution in [2.75, 3.05) is 0 Å². The summed E-state index contributed by atoms with van der Waals surface area (Å²) in [7, 11) is -3.41. The first kappa shape index (κ1) is 14.3. The van der Waals surface area contributed by atoms with Crippen LogP contribution in [0, 0.1) is 12.3 Å². The molecule has 1 heterocycles. The Morgan fingerprint density at radius 3 is 2.61 bits per heavy atom. The maximum Gasteiger partial charge on any atom is 0.250 e. The normalized spacial score (nSPS) is 23.4. The van der Waals surface area contributed by atoms with E-state index < -0.39 is 10.0 Å². The summed E-state index contributed by atoms with van der Waals surface area (Å²) < 4.78 is 28.1. The SMILES string of the molecule is Cc1cc(S(=O)(=O)NC2CCC(C)(C)C2)sc1Cl. The fourth-order valence-electron chi connectivity index (χ4n) is 2.38. The van der Waals surface area contributed by atoms with Gasteiger partial charge >= 0.3 is 0 Å². The third-order valence-corrected chi connectivity index (χ3v) is 6.94. The summed E-state index contributed by atoms with van der Waals surface area (Å²) >= 11 is 7.04. The summed E-state index contributed by atoms with van der Waals surface area (Å²) in [6, 6.07) is 1.68. The molecule has 1 aliphatic rings. The molecule has 3 nitrogen and oxygen atoms in total. The lowest BCUT2D eigenvalue weighted by Crippen LogP contribution is -2.33. The van der Waals surface area contributed by atoms with E-state index in [0.717, 1.165) is 36.2 Å². The van der Waals surface area contributed by atoms with Gasteiger partial charge in [0.2, 0.25) is 10.0 Å². The minimum atomic E-state index is -3.41. The van der Waals surface area contributed by atoms with Crippen molar-refractivity contribution in [1.82, 2.24) is 4.72 Å². The van der Waals surface area contributed by atoms with Crippen LogP contribution in [-0.4, -0.2) is 14.5 Å². The van der Waals surface area contributed by atoms with Crippen LogP contribution in [0.1, 0.15) is 38.7 Å². The van der Waals surface area contributed by atoms with Crippen molar-refractivity contribution in [2.45, 2.75) is 50.3 Å². The smallest absolute Gasteiger partial charge is 0.207 e. The highest BCUT2D eigenvalue weighted by Gasteiger charge is 2.33. The Kier molecular flexibility index (Phi) is 3.80. The Hall–Kier alpha value is -0.100. The largest absolute Gasteiger partial charge is 0.250 e. The van der Waals surface area contributed by atoms with E-state index in [1.165, 1.54) is 0 Å².